The van der Waals surface area contributed by atoms with Gasteiger partial charge in [0.25, 0.3) is 0 Å². The third-order valence-corrected chi connectivity index (χ3v) is 5.55. The first-order valence-electron chi connectivity index (χ1n) is 10.3. The number of hydrogen-bond donors (Lipinski definition) is 0. The van der Waals surface area contributed by atoms with Crippen LogP contribution >= 0.6 is 0 Å². The smallest absolute Gasteiger partial charge is 0.238 e. The lowest BCUT2D eigenvalue weighted by atomic mass is 9.96. The molecule has 0 saturated heterocycles. The van der Waals surface area contributed by atoms with Gasteiger partial charge in [-0.15, -0.1) is 0 Å². The average molecular weight is 452 g/mol. The fourth-order valence-electron chi connectivity index (χ4n) is 3.95. The molecule has 0 fully saturated rings. The van der Waals surface area contributed by atoms with E-state index in [0.29, 0.717) is 36.2 Å². The molecular weight excluding hydrogens is 433 g/mol. The topological polar surface area (TPSA) is 70.7 Å². The molecule has 4 aromatic rings. The highest BCUT2D eigenvalue weighted by Gasteiger charge is 2.31. The van der Waals surface area contributed by atoms with E-state index in [4.69, 9.17) is 4.74 Å². The molecule has 33 heavy (non-hydrogen) atoms. The Hall–Kier alpha value is -3.95. The van der Waals surface area contributed by atoms with Gasteiger partial charge in [-0.2, -0.15) is 5.10 Å². The van der Waals surface area contributed by atoms with Gasteiger partial charge in [0.2, 0.25) is 5.88 Å². The summed E-state index contributed by atoms with van der Waals surface area (Å²) in [7, 11) is 1.54. The first kappa shape index (κ1) is 20.9. The average Bonchev–Trinajstić information content (AvgIpc) is 3.52. The number of fused-ring (bicyclic) bond motifs is 1. The summed E-state index contributed by atoms with van der Waals surface area (Å²) in [5.41, 5.74) is 2.34. The molecule has 1 aliphatic rings. The van der Waals surface area contributed by atoms with Crippen LogP contribution in [-0.2, 0) is 6.54 Å². The highest BCUT2D eigenvalue weighted by Crippen LogP contribution is 2.35. The Morgan fingerprint density at radius 1 is 1.06 bits per heavy atom. The quantitative estimate of drug-likeness (QED) is 0.423. The van der Waals surface area contributed by atoms with Crippen LogP contribution in [0.3, 0.4) is 0 Å². The molecule has 0 amide bonds. The van der Waals surface area contributed by atoms with Gasteiger partial charge < -0.3 is 9.30 Å². The number of aromatic nitrogens is 6. The second kappa shape index (κ2) is 8.19. The van der Waals surface area contributed by atoms with Gasteiger partial charge in [0, 0.05) is 24.2 Å². The maximum Gasteiger partial charge on any atom is 0.238 e. The van der Waals surface area contributed by atoms with Crippen LogP contribution in [0.4, 0.5) is 13.2 Å². The minimum Gasteiger partial charge on any atom is -0.479 e. The second-order valence-corrected chi connectivity index (χ2v) is 7.68. The van der Waals surface area contributed by atoms with Crippen molar-refractivity contribution in [3.05, 3.63) is 82.8 Å². The minimum absolute atomic E-state index is 0.0762. The van der Waals surface area contributed by atoms with E-state index >= 15 is 0 Å². The number of methoxy groups -OCH3 is 1. The van der Waals surface area contributed by atoms with E-state index in [0.717, 1.165) is 17.4 Å². The van der Waals surface area contributed by atoms with Crippen LogP contribution in [0.1, 0.15) is 40.9 Å². The number of halogens is 3. The summed E-state index contributed by atoms with van der Waals surface area (Å²) in [5.74, 6) is -3.01. The summed E-state index contributed by atoms with van der Waals surface area (Å²) in [6.45, 7) is 2.40. The first-order valence-corrected chi connectivity index (χ1v) is 10.3. The molecule has 1 atom stereocenters. The van der Waals surface area contributed by atoms with Crippen LogP contribution in [0.15, 0.2) is 36.8 Å². The Bertz CT molecular complexity index is 1380. The van der Waals surface area contributed by atoms with Crippen molar-refractivity contribution in [2.75, 3.05) is 7.11 Å². The predicted molar refractivity (Wildman–Crippen MR) is 114 cm³/mol. The number of imidazole rings is 1. The number of rotatable bonds is 5. The van der Waals surface area contributed by atoms with Gasteiger partial charge >= 0.3 is 0 Å². The zero-order valence-electron chi connectivity index (χ0n) is 17.8. The molecule has 0 spiro atoms. The van der Waals surface area contributed by atoms with Crippen molar-refractivity contribution in [3.8, 4) is 11.6 Å². The van der Waals surface area contributed by atoms with Crippen molar-refractivity contribution >= 4 is 12.2 Å². The molecule has 1 aromatic carbocycles. The van der Waals surface area contributed by atoms with Crippen LogP contribution in [0.25, 0.3) is 17.8 Å². The van der Waals surface area contributed by atoms with E-state index in [9.17, 15) is 13.2 Å². The summed E-state index contributed by atoms with van der Waals surface area (Å²) in [6, 6.07) is 5.89. The molecule has 7 nitrogen and oxygen atoms in total. The minimum atomic E-state index is -1.47. The number of hydrogen-bond acceptors (Lipinski definition) is 5. The van der Waals surface area contributed by atoms with E-state index in [1.807, 2.05) is 29.8 Å². The fourth-order valence-corrected chi connectivity index (χ4v) is 3.95. The second-order valence-electron chi connectivity index (χ2n) is 7.68. The Balaban J connectivity index is 1.40. The highest BCUT2D eigenvalue weighted by molar-refractivity contribution is 5.65. The lowest BCUT2D eigenvalue weighted by Gasteiger charge is -2.10. The van der Waals surface area contributed by atoms with Gasteiger partial charge in [0.15, 0.2) is 23.3 Å². The van der Waals surface area contributed by atoms with Gasteiger partial charge in [0.05, 0.1) is 24.8 Å². The maximum atomic E-state index is 14.3. The largest absolute Gasteiger partial charge is 0.479 e. The zero-order valence-corrected chi connectivity index (χ0v) is 17.8. The van der Waals surface area contributed by atoms with E-state index in [-0.39, 0.29) is 5.56 Å². The monoisotopic (exact) mass is 452 g/mol. The Kier molecular flexibility index (Phi) is 5.20. The summed E-state index contributed by atoms with van der Waals surface area (Å²) in [6.07, 6.45) is 7.50. The van der Waals surface area contributed by atoms with Gasteiger partial charge in [0.1, 0.15) is 11.5 Å². The molecule has 0 N–H and O–H groups in total. The summed E-state index contributed by atoms with van der Waals surface area (Å²) >= 11 is 0. The van der Waals surface area contributed by atoms with Crippen molar-refractivity contribution in [2.45, 2.75) is 25.8 Å². The molecule has 10 heteroatoms. The maximum absolute atomic E-state index is 14.3. The number of nitrogens with zero attached hydrogens (tertiary/aromatic N) is 6. The van der Waals surface area contributed by atoms with Gasteiger partial charge in [-0.1, -0.05) is 6.07 Å². The zero-order chi connectivity index (χ0) is 23.1. The molecule has 0 aliphatic carbocycles. The van der Waals surface area contributed by atoms with Crippen LogP contribution in [0, 0.1) is 24.4 Å². The molecule has 168 valence electrons. The van der Waals surface area contributed by atoms with Gasteiger partial charge in [-0.3, -0.25) is 0 Å². The van der Waals surface area contributed by atoms with Crippen molar-refractivity contribution in [1.29, 1.82) is 0 Å². The summed E-state index contributed by atoms with van der Waals surface area (Å²) in [5, 5.41) is 4.42. The van der Waals surface area contributed by atoms with E-state index < -0.39 is 23.4 Å². The molecule has 0 unspecified atom stereocenters. The fraction of sp³-hybridized carbons (Fsp3) is 0.217. The van der Waals surface area contributed by atoms with Crippen LogP contribution in [0.5, 0.6) is 5.88 Å². The summed E-state index contributed by atoms with van der Waals surface area (Å²) < 4.78 is 50.2. The molecule has 0 bridgehead atoms. The lowest BCUT2D eigenvalue weighted by molar-refractivity contribution is 0.395. The van der Waals surface area contributed by atoms with Crippen LogP contribution < -0.4 is 4.74 Å². The predicted octanol–water partition coefficient (Wildman–Crippen LogP) is 4.30. The molecule has 4 heterocycles. The molecule has 0 saturated carbocycles. The number of benzene rings is 1. The molecule has 5 rings (SSSR count). The van der Waals surface area contributed by atoms with Gasteiger partial charge in [-0.25, -0.2) is 32.8 Å². The normalized spacial score (nSPS) is 15.4. The molecule has 0 radical (unpaired) electrons. The number of ether oxygens (including phenoxy) is 1. The Labute approximate surface area is 187 Å². The molecule has 3 aromatic heterocycles. The van der Waals surface area contributed by atoms with E-state index in [1.54, 1.807) is 30.3 Å². The van der Waals surface area contributed by atoms with E-state index in [2.05, 4.69) is 20.1 Å². The van der Waals surface area contributed by atoms with Crippen LogP contribution in [0.2, 0.25) is 0 Å². The Morgan fingerprint density at radius 2 is 1.91 bits per heavy atom. The first-order chi connectivity index (χ1) is 15.9. The Morgan fingerprint density at radius 3 is 2.67 bits per heavy atom. The van der Waals surface area contributed by atoms with Crippen molar-refractivity contribution < 1.29 is 17.9 Å². The summed E-state index contributed by atoms with van der Waals surface area (Å²) in [4.78, 5) is 13.2. The number of pyridine rings is 1. The third kappa shape index (κ3) is 3.77. The molecular formula is C23H19F3N6O. The standard InChI is InChI=1S/C23H19F3N6O/c1-13-11-31(12-27-13)18-7-3-14(28-23(18)33-2)4-8-19-29-22-16(9-10-32(22)30-19)15-5-6-17(24)21(26)20(15)25/h3-8,11-12,16H,9-10H2,1-2H3/b8-4+/t16-/m0/s1. The van der Waals surface area contributed by atoms with Crippen LogP contribution in [-0.4, -0.2) is 36.4 Å². The van der Waals surface area contributed by atoms with Gasteiger partial charge in [-0.05, 0) is 43.7 Å². The molecule has 1 aliphatic heterocycles. The third-order valence-electron chi connectivity index (χ3n) is 5.55. The van der Waals surface area contributed by atoms with Crippen molar-refractivity contribution in [3.63, 3.8) is 0 Å². The van der Waals surface area contributed by atoms with Crippen molar-refractivity contribution in [1.82, 2.24) is 29.3 Å². The van der Waals surface area contributed by atoms with Crippen molar-refractivity contribution in [2.24, 2.45) is 0 Å². The van der Waals surface area contributed by atoms with E-state index in [1.165, 1.54) is 6.07 Å². The highest BCUT2D eigenvalue weighted by atomic mass is 19.2. The SMILES string of the molecule is COc1nc(/C=C/c2nc3n(n2)CC[C@H]3c2ccc(F)c(F)c2F)ccc1-n1cnc(C)c1. The lowest BCUT2D eigenvalue weighted by Crippen LogP contribution is -2.05. The number of aryl methyl sites for hydroxylation is 2.